The van der Waals surface area contributed by atoms with E-state index in [4.69, 9.17) is 9.47 Å². The molecule has 1 amide bonds. The van der Waals surface area contributed by atoms with Crippen LogP contribution in [0.1, 0.15) is 37.7 Å². The molecule has 1 saturated heterocycles. The van der Waals surface area contributed by atoms with Gasteiger partial charge in [-0.15, -0.1) is 0 Å². The second kappa shape index (κ2) is 9.17. The Morgan fingerprint density at radius 2 is 1.78 bits per heavy atom. The smallest absolute Gasteiger partial charge is 0.417 e. The maximum absolute atomic E-state index is 13.0. The lowest BCUT2D eigenvalue weighted by Gasteiger charge is -2.20. The molecule has 3 aromatic rings. The fourth-order valence-electron chi connectivity index (χ4n) is 3.39. The molecule has 1 aliphatic heterocycles. The molecule has 1 fully saturated rings. The van der Waals surface area contributed by atoms with Crippen molar-refractivity contribution in [3.05, 3.63) is 65.7 Å². The van der Waals surface area contributed by atoms with Crippen LogP contribution in [-0.2, 0) is 4.74 Å². The summed E-state index contributed by atoms with van der Waals surface area (Å²) in [7, 11) is 0. The number of nitrogens with zero attached hydrogens (tertiary/aromatic N) is 4. The van der Waals surface area contributed by atoms with Crippen molar-refractivity contribution in [2.45, 2.75) is 39.3 Å². The molecule has 1 unspecified atom stereocenters. The largest absolute Gasteiger partial charge is 0.457 e. The number of ether oxygens (including phenoxy) is 2. The van der Waals surface area contributed by atoms with Crippen molar-refractivity contribution in [3.63, 3.8) is 0 Å². The zero-order valence-electron chi connectivity index (χ0n) is 18.1. The van der Waals surface area contributed by atoms with Gasteiger partial charge in [0.25, 0.3) is 0 Å². The van der Waals surface area contributed by atoms with Gasteiger partial charge in [0.05, 0.1) is 12.1 Å². The zero-order valence-corrected chi connectivity index (χ0v) is 18.1. The van der Waals surface area contributed by atoms with E-state index in [0.717, 1.165) is 12.0 Å². The molecule has 2 aromatic carbocycles. The van der Waals surface area contributed by atoms with Gasteiger partial charge < -0.3 is 14.8 Å². The van der Waals surface area contributed by atoms with Gasteiger partial charge in [-0.25, -0.2) is 14.1 Å². The molecule has 0 radical (unpaired) electrons. The second-order valence-corrected chi connectivity index (χ2v) is 7.51. The Hall–Kier alpha value is -3.75. The number of rotatable bonds is 7. The van der Waals surface area contributed by atoms with Crippen molar-refractivity contribution in [1.82, 2.24) is 15.0 Å². The van der Waals surface area contributed by atoms with E-state index in [9.17, 15) is 9.18 Å². The van der Waals surface area contributed by atoms with E-state index in [1.54, 1.807) is 19.1 Å². The van der Waals surface area contributed by atoms with Gasteiger partial charge in [0.1, 0.15) is 29.7 Å². The molecule has 1 aliphatic rings. The molecule has 0 bridgehead atoms. The van der Waals surface area contributed by atoms with Crippen LogP contribution < -0.4 is 15.0 Å². The molecular weight excluding hydrogens is 413 g/mol. The number of nitrogens with one attached hydrogen (secondary N) is 1. The van der Waals surface area contributed by atoms with Gasteiger partial charge in [-0.1, -0.05) is 19.1 Å². The molecule has 4 rings (SSSR count). The highest BCUT2D eigenvalue weighted by molar-refractivity contribution is 5.88. The minimum absolute atomic E-state index is 0.0942. The normalized spacial score (nSPS) is 16.6. The minimum atomic E-state index is -0.446. The van der Waals surface area contributed by atoms with Crippen molar-refractivity contribution >= 4 is 18.0 Å². The highest BCUT2D eigenvalue weighted by Gasteiger charge is 2.35. The molecule has 1 aromatic heterocycles. The summed E-state index contributed by atoms with van der Waals surface area (Å²) in [4.78, 5) is 26.8. The summed E-state index contributed by atoms with van der Waals surface area (Å²) < 4.78 is 23.9. The van der Waals surface area contributed by atoms with Gasteiger partial charge in [-0.3, -0.25) is 0 Å². The summed E-state index contributed by atoms with van der Waals surface area (Å²) in [6, 6.07) is 13.2. The predicted molar refractivity (Wildman–Crippen MR) is 117 cm³/mol. The maximum Gasteiger partial charge on any atom is 0.417 e. The molecule has 8 nitrogen and oxygen atoms in total. The van der Waals surface area contributed by atoms with E-state index in [1.807, 2.05) is 38.1 Å². The first kappa shape index (κ1) is 21.5. The molecule has 0 aliphatic carbocycles. The van der Waals surface area contributed by atoms with Crippen molar-refractivity contribution in [2.75, 3.05) is 16.8 Å². The Morgan fingerprint density at radius 3 is 2.44 bits per heavy atom. The molecule has 166 valence electrons. The Bertz CT molecular complexity index is 1090. The maximum atomic E-state index is 13.0. The Balaban J connectivity index is 1.46. The van der Waals surface area contributed by atoms with Crippen LogP contribution in [0.5, 0.6) is 11.5 Å². The van der Waals surface area contributed by atoms with Gasteiger partial charge in [-0.05, 0) is 62.2 Å². The van der Waals surface area contributed by atoms with Crippen LogP contribution >= 0.6 is 0 Å². The van der Waals surface area contributed by atoms with Crippen molar-refractivity contribution in [1.29, 1.82) is 0 Å². The Labute approximate surface area is 185 Å². The van der Waals surface area contributed by atoms with E-state index < -0.39 is 6.09 Å². The number of amides is 1. The number of benzene rings is 2. The molecule has 0 saturated carbocycles. The number of hydrogen-bond donors (Lipinski definition) is 1. The first-order chi connectivity index (χ1) is 15.4. The summed E-state index contributed by atoms with van der Waals surface area (Å²) in [6.07, 6.45) is 0.292. The summed E-state index contributed by atoms with van der Waals surface area (Å²) in [5, 5.41) is 3.26. The fourth-order valence-corrected chi connectivity index (χ4v) is 3.39. The van der Waals surface area contributed by atoms with E-state index >= 15 is 0 Å². The summed E-state index contributed by atoms with van der Waals surface area (Å²) >= 11 is 0. The van der Waals surface area contributed by atoms with Gasteiger partial charge in [0, 0.05) is 0 Å². The van der Waals surface area contributed by atoms with Crippen LogP contribution in [0.2, 0.25) is 0 Å². The number of carbonyl (C=O) groups excluding carboxylic acids is 1. The molecule has 0 spiro atoms. The van der Waals surface area contributed by atoms with Gasteiger partial charge in [0.15, 0.2) is 0 Å². The van der Waals surface area contributed by atoms with Crippen molar-refractivity contribution in [3.8, 4) is 11.5 Å². The first-order valence-electron chi connectivity index (χ1n) is 10.4. The number of carbonyl (C=O) groups is 1. The topological polar surface area (TPSA) is 89.5 Å². The number of cyclic esters (lactones) is 1. The quantitative estimate of drug-likeness (QED) is 0.555. The van der Waals surface area contributed by atoms with Crippen LogP contribution in [0, 0.1) is 12.7 Å². The lowest BCUT2D eigenvalue weighted by atomic mass is 10.1. The standard InChI is InChI=1S/C23H24FN5O3/c1-4-18-13-31-23(30)29(18)22-27-15(3)26-21(28-22)25-14(2)16-5-9-19(10-6-16)32-20-11-7-17(24)8-12-20/h5-12,14,18H,4,13H2,1-3H3,(H,25,26,27,28)/t14?,18-/m0/s1. The molecule has 1 N–H and O–H groups in total. The molecule has 2 atom stereocenters. The van der Waals surface area contributed by atoms with Gasteiger partial charge in [-0.2, -0.15) is 15.0 Å². The number of hydrogen-bond acceptors (Lipinski definition) is 7. The van der Waals surface area contributed by atoms with Crippen LogP contribution in [-0.4, -0.2) is 33.7 Å². The van der Waals surface area contributed by atoms with E-state index in [0.29, 0.717) is 29.9 Å². The average Bonchev–Trinajstić information content (AvgIpc) is 3.16. The summed E-state index contributed by atoms with van der Waals surface area (Å²) in [5.74, 6) is 2.05. The third-order valence-corrected chi connectivity index (χ3v) is 5.16. The number of anilines is 2. The number of halogens is 1. The van der Waals surface area contributed by atoms with Crippen LogP contribution in [0.15, 0.2) is 48.5 Å². The monoisotopic (exact) mass is 437 g/mol. The van der Waals surface area contributed by atoms with Crippen molar-refractivity contribution < 1.29 is 18.7 Å². The van der Waals surface area contributed by atoms with Crippen LogP contribution in [0.3, 0.4) is 0 Å². The first-order valence-corrected chi connectivity index (χ1v) is 10.4. The summed E-state index contributed by atoms with van der Waals surface area (Å²) in [6.45, 7) is 6.04. The zero-order chi connectivity index (χ0) is 22.7. The van der Waals surface area contributed by atoms with Crippen molar-refractivity contribution in [2.24, 2.45) is 0 Å². The van der Waals surface area contributed by atoms with Crippen LogP contribution in [0.4, 0.5) is 21.1 Å². The van der Waals surface area contributed by atoms with Crippen LogP contribution in [0.25, 0.3) is 0 Å². The molecule has 32 heavy (non-hydrogen) atoms. The van der Waals surface area contributed by atoms with E-state index in [-0.39, 0.29) is 23.8 Å². The third kappa shape index (κ3) is 4.77. The average molecular weight is 437 g/mol. The lowest BCUT2D eigenvalue weighted by molar-refractivity contribution is 0.178. The SMILES string of the molecule is CC[C@H]1COC(=O)N1c1nc(C)nc(NC(C)c2ccc(Oc3ccc(F)cc3)cc2)n1. The third-order valence-electron chi connectivity index (χ3n) is 5.16. The molecular formula is C23H24FN5O3. The number of aromatic nitrogens is 3. The Morgan fingerprint density at radius 1 is 1.12 bits per heavy atom. The van der Waals surface area contributed by atoms with Gasteiger partial charge >= 0.3 is 6.09 Å². The summed E-state index contributed by atoms with van der Waals surface area (Å²) in [5.41, 5.74) is 0.989. The minimum Gasteiger partial charge on any atom is -0.457 e. The van der Waals surface area contributed by atoms with Gasteiger partial charge in [0.2, 0.25) is 11.9 Å². The predicted octanol–water partition coefficient (Wildman–Crippen LogP) is 5.02. The van der Waals surface area contributed by atoms with E-state index in [2.05, 4.69) is 20.3 Å². The Kier molecular flexibility index (Phi) is 6.16. The highest BCUT2D eigenvalue weighted by atomic mass is 19.1. The van der Waals surface area contributed by atoms with E-state index in [1.165, 1.54) is 17.0 Å². The highest BCUT2D eigenvalue weighted by Crippen LogP contribution is 2.26. The second-order valence-electron chi connectivity index (χ2n) is 7.51. The lowest BCUT2D eigenvalue weighted by Crippen LogP contribution is -2.34. The molecule has 9 heteroatoms. The number of aryl methyl sites for hydroxylation is 1. The fraction of sp³-hybridized carbons (Fsp3) is 0.304. The molecule has 2 heterocycles.